The highest BCUT2D eigenvalue weighted by atomic mass is 16.5. The van der Waals surface area contributed by atoms with Gasteiger partial charge in [0.25, 0.3) is 0 Å². The minimum atomic E-state index is -0.125. The maximum absolute atomic E-state index is 5.92. The number of nitrogens with one attached hydrogen (secondary N) is 1. The highest BCUT2D eigenvalue weighted by molar-refractivity contribution is 5.40. The normalized spacial score (nSPS) is 11.7. The van der Waals surface area contributed by atoms with Gasteiger partial charge in [0.1, 0.15) is 12.4 Å². The van der Waals surface area contributed by atoms with Crippen molar-refractivity contribution in [2.45, 2.75) is 39.8 Å². The van der Waals surface area contributed by atoms with Crippen LogP contribution in [0.5, 0.6) is 5.75 Å². The monoisotopic (exact) mass is 295 g/mol. The van der Waals surface area contributed by atoms with E-state index in [0.717, 1.165) is 24.4 Å². The van der Waals surface area contributed by atoms with Gasteiger partial charge in [0, 0.05) is 25.8 Å². The van der Waals surface area contributed by atoms with Crippen molar-refractivity contribution in [2.75, 3.05) is 33.5 Å². The number of aryl methyl sites for hydroxylation is 1. The van der Waals surface area contributed by atoms with Crippen LogP contribution in [0.25, 0.3) is 0 Å². The fraction of sp³-hybridized carbons (Fsp3) is 0.647. The Morgan fingerprint density at radius 2 is 1.86 bits per heavy atom. The number of ether oxygens (including phenoxy) is 3. The Kier molecular flexibility index (Phi) is 7.72. The molecule has 1 rings (SSSR count). The quantitative estimate of drug-likeness (QED) is 0.711. The molecule has 0 aliphatic heterocycles. The van der Waals surface area contributed by atoms with E-state index in [9.17, 15) is 0 Å². The molecule has 0 radical (unpaired) electrons. The molecule has 0 fully saturated rings. The second kappa shape index (κ2) is 9.03. The van der Waals surface area contributed by atoms with E-state index in [0.29, 0.717) is 19.8 Å². The molecule has 4 heteroatoms. The minimum Gasteiger partial charge on any atom is -0.491 e. The van der Waals surface area contributed by atoms with Gasteiger partial charge in [0.05, 0.1) is 18.8 Å². The van der Waals surface area contributed by atoms with Gasteiger partial charge < -0.3 is 19.5 Å². The standard InChI is InChI=1S/C17H29NO3/c1-14-7-6-8-15(13-18-9-10-19-5)16(14)20-11-12-21-17(2,3)4/h6-8,18H,9-13H2,1-5H3. The number of para-hydroxylation sites is 1. The van der Waals surface area contributed by atoms with Crippen LogP contribution in [0.4, 0.5) is 0 Å². The van der Waals surface area contributed by atoms with Gasteiger partial charge in [-0.1, -0.05) is 18.2 Å². The lowest BCUT2D eigenvalue weighted by atomic mass is 10.1. The SMILES string of the molecule is COCCNCc1cccc(C)c1OCCOC(C)(C)C. The molecule has 0 bridgehead atoms. The van der Waals surface area contributed by atoms with Crippen molar-refractivity contribution in [2.24, 2.45) is 0 Å². The van der Waals surface area contributed by atoms with Crippen LogP contribution in [0.15, 0.2) is 18.2 Å². The maximum atomic E-state index is 5.92. The van der Waals surface area contributed by atoms with Crippen molar-refractivity contribution in [3.8, 4) is 5.75 Å². The third-order valence-electron chi connectivity index (χ3n) is 2.96. The van der Waals surface area contributed by atoms with Crippen molar-refractivity contribution in [1.82, 2.24) is 5.32 Å². The molecule has 1 N–H and O–H groups in total. The van der Waals surface area contributed by atoms with Crippen LogP contribution in [-0.2, 0) is 16.0 Å². The molecule has 0 saturated carbocycles. The molecule has 1 aromatic rings. The summed E-state index contributed by atoms with van der Waals surface area (Å²) < 4.78 is 16.6. The summed E-state index contributed by atoms with van der Waals surface area (Å²) in [6, 6.07) is 6.21. The van der Waals surface area contributed by atoms with Crippen LogP contribution in [0.1, 0.15) is 31.9 Å². The third kappa shape index (κ3) is 7.46. The van der Waals surface area contributed by atoms with E-state index in [1.165, 1.54) is 5.56 Å². The Bertz CT molecular complexity index is 413. The zero-order valence-corrected chi connectivity index (χ0v) is 14.0. The number of methoxy groups -OCH3 is 1. The van der Waals surface area contributed by atoms with Crippen molar-refractivity contribution < 1.29 is 14.2 Å². The molecule has 0 aliphatic carbocycles. The van der Waals surface area contributed by atoms with E-state index in [4.69, 9.17) is 14.2 Å². The Labute approximate surface area is 128 Å². The highest BCUT2D eigenvalue weighted by Gasteiger charge is 2.11. The summed E-state index contributed by atoms with van der Waals surface area (Å²) in [4.78, 5) is 0. The van der Waals surface area contributed by atoms with Gasteiger partial charge in [-0.3, -0.25) is 0 Å². The number of benzene rings is 1. The Morgan fingerprint density at radius 3 is 2.52 bits per heavy atom. The second-order valence-corrected chi connectivity index (χ2v) is 6.04. The van der Waals surface area contributed by atoms with Crippen LogP contribution >= 0.6 is 0 Å². The van der Waals surface area contributed by atoms with E-state index in [2.05, 4.69) is 30.4 Å². The van der Waals surface area contributed by atoms with Gasteiger partial charge in [-0.25, -0.2) is 0 Å². The zero-order valence-electron chi connectivity index (χ0n) is 14.0. The molecular weight excluding hydrogens is 266 g/mol. The van der Waals surface area contributed by atoms with Crippen molar-refractivity contribution in [1.29, 1.82) is 0 Å². The average Bonchev–Trinajstić information content (AvgIpc) is 2.40. The van der Waals surface area contributed by atoms with Gasteiger partial charge in [0.15, 0.2) is 0 Å². The van der Waals surface area contributed by atoms with Crippen molar-refractivity contribution in [3.05, 3.63) is 29.3 Å². The van der Waals surface area contributed by atoms with E-state index in [1.807, 2.05) is 20.8 Å². The Hall–Kier alpha value is -1.10. The molecular formula is C17H29NO3. The molecule has 1 aromatic carbocycles. The predicted molar refractivity (Wildman–Crippen MR) is 86.0 cm³/mol. The molecule has 0 aliphatic rings. The summed E-state index contributed by atoms with van der Waals surface area (Å²) in [5.74, 6) is 0.958. The summed E-state index contributed by atoms with van der Waals surface area (Å²) in [7, 11) is 1.71. The smallest absolute Gasteiger partial charge is 0.126 e. The predicted octanol–water partition coefficient (Wildman–Crippen LogP) is 2.92. The number of hydrogen-bond acceptors (Lipinski definition) is 4. The van der Waals surface area contributed by atoms with Crippen LogP contribution in [0.2, 0.25) is 0 Å². The molecule has 0 saturated heterocycles. The minimum absolute atomic E-state index is 0.125. The third-order valence-corrected chi connectivity index (χ3v) is 2.96. The zero-order chi connectivity index (χ0) is 15.7. The van der Waals surface area contributed by atoms with E-state index >= 15 is 0 Å². The first-order valence-corrected chi connectivity index (χ1v) is 7.49. The Morgan fingerprint density at radius 1 is 1.10 bits per heavy atom. The fourth-order valence-corrected chi connectivity index (χ4v) is 1.95. The van der Waals surface area contributed by atoms with E-state index < -0.39 is 0 Å². The van der Waals surface area contributed by atoms with Crippen LogP contribution in [-0.4, -0.2) is 39.1 Å². The molecule has 0 aromatic heterocycles. The molecule has 0 unspecified atom stereocenters. The second-order valence-electron chi connectivity index (χ2n) is 6.04. The van der Waals surface area contributed by atoms with Gasteiger partial charge in [-0.2, -0.15) is 0 Å². The van der Waals surface area contributed by atoms with Crippen LogP contribution < -0.4 is 10.1 Å². The van der Waals surface area contributed by atoms with Gasteiger partial charge in [-0.05, 0) is 33.3 Å². The number of hydrogen-bond donors (Lipinski definition) is 1. The molecule has 120 valence electrons. The van der Waals surface area contributed by atoms with Crippen molar-refractivity contribution in [3.63, 3.8) is 0 Å². The lowest BCUT2D eigenvalue weighted by Crippen LogP contribution is -2.23. The van der Waals surface area contributed by atoms with Crippen LogP contribution in [0.3, 0.4) is 0 Å². The van der Waals surface area contributed by atoms with Crippen molar-refractivity contribution >= 4 is 0 Å². The summed E-state index contributed by atoms with van der Waals surface area (Å²) in [5, 5.41) is 3.35. The molecule has 4 nitrogen and oxygen atoms in total. The molecule has 0 spiro atoms. The first-order chi connectivity index (χ1) is 9.94. The highest BCUT2D eigenvalue weighted by Crippen LogP contribution is 2.23. The lowest BCUT2D eigenvalue weighted by Gasteiger charge is -2.20. The molecule has 0 amide bonds. The first-order valence-electron chi connectivity index (χ1n) is 7.49. The van der Waals surface area contributed by atoms with Gasteiger partial charge >= 0.3 is 0 Å². The molecule has 21 heavy (non-hydrogen) atoms. The van der Waals surface area contributed by atoms with Gasteiger partial charge in [-0.15, -0.1) is 0 Å². The average molecular weight is 295 g/mol. The van der Waals surface area contributed by atoms with E-state index in [1.54, 1.807) is 7.11 Å². The summed E-state index contributed by atoms with van der Waals surface area (Å²) in [6.07, 6.45) is 0. The van der Waals surface area contributed by atoms with Gasteiger partial charge in [0.2, 0.25) is 0 Å². The topological polar surface area (TPSA) is 39.7 Å². The van der Waals surface area contributed by atoms with Crippen LogP contribution in [0, 0.1) is 6.92 Å². The number of rotatable bonds is 9. The summed E-state index contributed by atoms with van der Waals surface area (Å²) >= 11 is 0. The fourth-order valence-electron chi connectivity index (χ4n) is 1.95. The summed E-state index contributed by atoms with van der Waals surface area (Å²) in [6.45, 7) is 11.7. The lowest BCUT2D eigenvalue weighted by molar-refractivity contribution is -0.0164. The summed E-state index contributed by atoms with van der Waals surface area (Å²) in [5.41, 5.74) is 2.19. The first kappa shape index (κ1) is 18.0. The maximum Gasteiger partial charge on any atom is 0.126 e. The van der Waals surface area contributed by atoms with E-state index in [-0.39, 0.29) is 5.60 Å². The Balaban J connectivity index is 2.51. The molecule has 0 atom stereocenters. The largest absolute Gasteiger partial charge is 0.491 e. The molecule has 0 heterocycles.